The van der Waals surface area contributed by atoms with Crippen LogP contribution in [0.4, 0.5) is 0 Å². The Morgan fingerprint density at radius 2 is 1.76 bits per heavy atom. The van der Waals surface area contributed by atoms with Crippen molar-refractivity contribution in [2.45, 2.75) is 26.5 Å². The van der Waals surface area contributed by atoms with Gasteiger partial charge >= 0.3 is 0 Å². The number of hydrogen-bond donors (Lipinski definition) is 2. The lowest BCUT2D eigenvalue weighted by molar-refractivity contribution is 0.180. The third-order valence-corrected chi connectivity index (χ3v) is 3.77. The molecule has 0 fully saturated rings. The van der Waals surface area contributed by atoms with Crippen LogP contribution in [0.25, 0.3) is 0 Å². The number of hydrogen-bond acceptors (Lipinski definition) is 4. The highest BCUT2D eigenvalue weighted by molar-refractivity contribution is 5.79. The monoisotopic (exact) mass is 350 g/mol. The molecule has 6 nitrogen and oxygen atoms in total. The van der Waals surface area contributed by atoms with Gasteiger partial charge in [0.1, 0.15) is 0 Å². The Hall–Kier alpha value is -1.63. The summed E-state index contributed by atoms with van der Waals surface area (Å²) in [6.07, 6.45) is 1.06. The van der Waals surface area contributed by atoms with E-state index < -0.39 is 0 Å². The van der Waals surface area contributed by atoms with Crippen LogP contribution in [-0.2, 0) is 22.6 Å². The molecule has 0 radical (unpaired) electrons. The number of guanidine groups is 1. The first-order chi connectivity index (χ1) is 12.2. The Balaban J connectivity index is 2.40. The first kappa shape index (κ1) is 21.4. The summed E-state index contributed by atoms with van der Waals surface area (Å²) in [5.74, 6) is 0.855. The summed E-state index contributed by atoms with van der Waals surface area (Å²) < 4.78 is 10.2. The molecule has 1 aromatic carbocycles. The molecule has 0 saturated heterocycles. The fourth-order valence-corrected chi connectivity index (χ4v) is 2.38. The van der Waals surface area contributed by atoms with E-state index in [4.69, 9.17) is 9.47 Å². The van der Waals surface area contributed by atoms with Crippen molar-refractivity contribution in [2.75, 3.05) is 54.1 Å². The Morgan fingerprint density at radius 1 is 1.04 bits per heavy atom. The van der Waals surface area contributed by atoms with Gasteiger partial charge in [-0.15, -0.1) is 0 Å². The zero-order valence-corrected chi connectivity index (χ0v) is 16.2. The summed E-state index contributed by atoms with van der Waals surface area (Å²) in [5.41, 5.74) is 2.37. The van der Waals surface area contributed by atoms with Gasteiger partial charge in [0.05, 0.1) is 13.2 Å². The van der Waals surface area contributed by atoms with E-state index in [1.807, 2.05) is 0 Å². The Labute approximate surface area is 152 Å². The smallest absolute Gasteiger partial charge is 0.191 e. The second kappa shape index (κ2) is 13.6. The third kappa shape index (κ3) is 10.1. The number of nitrogens with one attached hydrogen (secondary N) is 2. The number of nitrogens with zero attached hydrogens (tertiary/aromatic N) is 2. The van der Waals surface area contributed by atoms with Crippen molar-refractivity contribution in [3.8, 4) is 0 Å². The van der Waals surface area contributed by atoms with Gasteiger partial charge in [0.25, 0.3) is 0 Å². The molecule has 0 aromatic heterocycles. The molecule has 1 rings (SSSR count). The lowest BCUT2D eigenvalue weighted by atomic mass is 10.1. The van der Waals surface area contributed by atoms with E-state index >= 15 is 0 Å². The van der Waals surface area contributed by atoms with Gasteiger partial charge in [0, 0.05) is 47.0 Å². The molecule has 0 spiro atoms. The Morgan fingerprint density at radius 3 is 2.40 bits per heavy atom. The summed E-state index contributed by atoms with van der Waals surface area (Å²) in [6.45, 7) is 7.91. The first-order valence-corrected chi connectivity index (χ1v) is 8.96. The zero-order chi connectivity index (χ0) is 18.3. The molecule has 25 heavy (non-hydrogen) atoms. The van der Waals surface area contributed by atoms with Gasteiger partial charge < -0.3 is 25.0 Å². The van der Waals surface area contributed by atoms with Crippen LogP contribution in [0.15, 0.2) is 29.3 Å². The van der Waals surface area contributed by atoms with E-state index in [1.54, 1.807) is 14.2 Å². The molecule has 0 heterocycles. The van der Waals surface area contributed by atoms with Crippen molar-refractivity contribution in [3.05, 3.63) is 35.4 Å². The van der Waals surface area contributed by atoms with Crippen LogP contribution in [0.3, 0.4) is 0 Å². The number of methoxy groups -OCH3 is 2. The molecule has 2 N–H and O–H groups in total. The van der Waals surface area contributed by atoms with Crippen molar-refractivity contribution in [1.29, 1.82) is 0 Å². The summed E-state index contributed by atoms with van der Waals surface area (Å²) in [4.78, 5) is 6.95. The van der Waals surface area contributed by atoms with Crippen molar-refractivity contribution in [2.24, 2.45) is 4.99 Å². The summed E-state index contributed by atoms with van der Waals surface area (Å²) >= 11 is 0. The molecule has 0 saturated carbocycles. The molecular weight excluding hydrogens is 316 g/mol. The first-order valence-electron chi connectivity index (χ1n) is 8.96. The van der Waals surface area contributed by atoms with Gasteiger partial charge in [-0.1, -0.05) is 24.3 Å². The van der Waals surface area contributed by atoms with Gasteiger partial charge in [-0.2, -0.15) is 0 Å². The third-order valence-electron chi connectivity index (χ3n) is 3.77. The molecule has 0 amide bonds. The standard InChI is InChI=1S/C19H34N4O2/c1-5-20-19(21-11-13-23(2)12-6-14-24-3)22-15-17-7-9-18(10-8-17)16-25-4/h7-10H,5-6,11-16H2,1-4H3,(H2,20,21,22). The van der Waals surface area contributed by atoms with Crippen LogP contribution in [0, 0.1) is 0 Å². The van der Waals surface area contributed by atoms with Crippen LogP contribution in [-0.4, -0.2) is 64.9 Å². The van der Waals surface area contributed by atoms with Crippen LogP contribution in [0.2, 0.25) is 0 Å². The van der Waals surface area contributed by atoms with Crippen LogP contribution >= 0.6 is 0 Å². The summed E-state index contributed by atoms with van der Waals surface area (Å²) in [5, 5.41) is 6.68. The van der Waals surface area contributed by atoms with E-state index in [0.717, 1.165) is 45.2 Å². The Kier molecular flexibility index (Phi) is 11.7. The fraction of sp³-hybridized carbons (Fsp3) is 0.632. The minimum Gasteiger partial charge on any atom is -0.385 e. The van der Waals surface area contributed by atoms with Gasteiger partial charge in [-0.05, 0) is 31.5 Å². The number of likely N-dealkylation sites (N-methyl/N-ethyl adjacent to an activating group) is 1. The van der Waals surface area contributed by atoms with E-state index in [1.165, 1.54) is 11.1 Å². The average molecular weight is 351 g/mol. The van der Waals surface area contributed by atoms with Gasteiger partial charge in [-0.25, -0.2) is 4.99 Å². The van der Waals surface area contributed by atoms with Crippen LogP contribution < -0.4 is 10.6 Å². The fourth-order valence-electron chi connectivity index (χ4n) is 2.38. The minimum atomic E-state index is 0.644. The van der Waals surface area contributed by atoms with Crippen molar-refractivity contribution >= 4 is 5.96 Å². The largest absolute Gasteiger partial charge is 0.385 e. The number of aliphatic imine (C=N–C) groups is 1. The topological polar surface area (TPSA) is 58.1 Å². The van der Waals surface area contributed by atoms with Crippen molar-refractivity contribution in [1.82, 2.24) is 15.5 Å². The normalized spacial score (nSPS) is 11.8. The second-order valence-corrected chi connectivity index (χ2v) is 6.02. The van der Waals surface area contributed by atoms with Gasteiger partial charge in [-0.3, -0.25) is 0 Å². The zero-order valence-electron chi connectivity index (χ0n) is 16.2. The highest BCUT2D eigenvalue weighted by Crippen LogP contribution is 2.06. The average Bonchev–Trinajstić information content (AvgIpc) is 2.61. The predicted octanol–water partition coefficient (Wildman–Crippen LogP) is 1.86. The maximum Gasteiger partial charge on any atom is 0.191 e. The molecule has 0 atom stereocenters. The lowest BCUT2D eigenvalue weighted by Crippen LogP contribution is -2.41. The van der Waals surface area contributed by atoms with Gasteiger partial charge in [0.2, 0.25) is 0 Å². The predicted molar refractivity (Wildman–Crippen MR) is 104 cm³/mol. The molecule has 6 heteroatoms. The number of benzene rings is 1. The number of rotatable bonds is 12. The van der Waals surface area contributed by atoms with E-state index in [2.05, 4.69) is 58.8 Å². The molecule has 0 unspecified atom stereocenters. The lowest BCUT2D eigenvalue weighted by Gasteiger charge is -2.18. The molecule has 142 valence electrons. The maximum absolute atomic E-state index is 5.13. The molecule has 0 bridgehead atoms. The second-order valence-electron chi connectivity index (χ2n) is 6.02. The van der Waals surface area contributed by atoms with Crippen molar-refractivity contribution in [3.63, 3.8) is 0 Å². The quantitative estimate of drug-likeness (QED) is 0.342. The molecule has 0 aliphatic rings. The van der Waals surface area contributed by atoms with E-state index in [-0.39, 0.29) is 0 Å². The minimum absolute atomic E-state index is 0.644. The Bertz CT molecular complexity index is 477. The van der Waals surface area contributed by atoms with E-state index in [0.29, 0.717) is 13.2 Å². The van der Waals surface area contributed by atoms with Crippen molar-refractivity contribution < 1.29 is 9.47 Å². The highest BCUT2D eigenvalue weighted by atomic mass is 16.5. The maximum atomic E-state index is 5.13. The van der Waals surface area contributed by atoms with Crippen LogP contribution in [0.1, 0.15) is 24.5 Å². The molecular formula is C19H34N4O2. The number of ether oxygens (including phenoxy) is 2. The summed E-state index contributed by atoms with van der Waals surface area (Å²) in [6, 6.07) is 8.38. The molecule has 0 aliphatic heterocycles. The summed E-state index contributed by atoms with van der Waals surface area (Å²) in [7, 11) is 5.58. The van der Waals surface area contributed by atoms with Gasteiger partial charge in [0.15, 0.2) is 5.96 Å². The SMILES string of the molecule is CCNC(=NCc1ccc(COC)cc1)NCCN(C)CCCOC. The highest BCUT2D eigenvalue weighted by Gasteiger charge is 2.01. The molecule has 0 aliphatic carbocycles. The van der Waals surface area contributed by atoms with Crippen LogP contribution in [0.5, 0.6) is 0 Å². The van der Waals surface area contributed by atoms with E-state index in [9.17, 15) is 0 Å². The molecule has 1 aromatic rings.